The third-order valence-electron chi connectivity index (χ3n) is 8.67. The van der Waals surface area contributed by atoms with Gasteiger partial charge in [-0.1, -0.05) is 157 Å². The zero-order valence-electron chi connectivity index (χ0n) is 54.5. The number of fused-ring (bicyclic) bond motifs is 9. The molecule has 1 heteroatoms. The second-order valence-corrected chi connectivity index (χ2v) is 11.4. The van der Waals surface area contributed by atoms with E-state index in [1.165, 1.54) is 0 Å². The van der Waals surface area contributed by atoms with Gasteiger partial charge in [0, 0.05) is 10.8 Å². The van der Waals surface area contributed by atoms with Crippen molar-refractivity contribution in [2.75, 3.05) is 0 Å². The third-order valence-corrected chi connectivity index (χ3v) is 8.67. The Morgan fingerprint density at radius 3 is 1.69 bits per heavy atom. The van der Waals surface area contributed by atoms with Crippen molar-refractivity contribution in [3.63, 3.8) is 0 Å². The molecule has 0 unspecified atom stereocenters. The average Bonchev–Trinajstić information content (AvgIpc) is 4.00. The van der Waals surface area contributed by atoms with Crippen molar-refractivity contribution in [3.05, 3.63) is 181 Å². The van der Waals surface area contributed by atoms with E-state index >= 15 is 0 Å². The van der Waals surface area contributed by atoms with Crippen LogP contribution in [0, 0.1) is 0 Å². The average molecular weight is 676 g/mol. The summed E-state index contributed by atoms with van der Waals surface area (Å²) < 4.78 is 269. The molecule has 0 saturated heterocycles. The molecule has 0 aliphatic heterocycles. The molecule has 11 rings (SSSR count). The van der Waals surface area contributed by atoms with Crippen LogP contribution in [0.4, 0.5) is 0 Å². The van der Waals surface area contributed by atoms with E-state index in [1.54, 1.807) is 0 Å². The van der Waals surface area contributed by atoms with Crippen LogP contribution in [0.5, 0.6) is 0 Å². The van der Waals surface area contributed by atoms with Crippen molar-refractivity contribution in [3.8, 4) is 33.4 Å². The molecule has 0 saturated carbocycles. The molecule has 1 heterocycles. The third kappa shape index (κ3) is 4.22. The van der Waals surface area contributed by atoms with Crippen molar-refractivity contribution in [1.29, 1.82) is 0 Å². The monoisotopic (exact) mass is 675 g/mol. The summed E-state index contributed by atoms with van der Waals surface area (Å²) in [5, 5.41) is -6.90. The lowest BCUT2D eigenvalue weighted by atomic mass is 9.84. The fourth-order valence-electron chi connectivity index (χ4n) is 6.53. The molecule has 0 fully saturated rings. The van der Waals surface area contributed by atoms with Crippen LogP contribution >= 0.6 is 0 Å². The van der Waals surface area contributed by atoms with Crippen molar-refractivity contribution < 1.29 is 44.2 Å². The SMILES string of the molecule is [2H]c1c([2H])c(-c2c3c([2H])c([2H])c([2H])c([2H])c3c(-c3c([2H])c([2H])c4c([2H])c([2H])c([2H])c([2H])c4c3[2H])c3c([2H])c([2H])c([2H])c([2H])c23)c2c([2H])c([2H])c(-c3c([2H])c([2H])c([2H])c4oc5c([2H])c([2H])c6c([2H])c([2H])c([2H])c([2H])c6c5c34)cc2c1[2H]. The maximum atomic E-state index is 9.83. The number of rotatable bonds is 3. The molecule has 0 radical (unpaired) electrons. The summed E-state index contributed by atoms with van der Waals surface area (Å²) >= 11 is 0. The molecular formula is C50H30O. The number of hydrogen-bond acceptors (Lipinski definition) is 1. The quantitative estimate of drug-likeness (QED) is 0.170. The lowest BCUT2D eigenvalue weighted by Crippen LogP contribution is -1.92. The van der Waals surface area contributed by atoms with Crippen molar-refractivity contribution in [2.24, 2.45) is 0 Å². The number of furan rings is 1. The minimum absolute atomic E-state index is 0.349. The molecule has 0 spiro atoms. The molecular weight excluding hydrogens is 617 g/mol. The standard InChI is InChI=1S/C50H30O/c1-2-13-33-29-36(24-23-31(33)11-1)47-41-16-5-7-18-43(41)48(44-19-8-6-17-42(44)47)40-21-9-14-34-30-35(25-27-37(34)40)39-20-10-22-45-50(39)49-38-15-4-3-12-32(38)26-28-46(49)51-45/h1-30H/i1D,2D,3D,4D,5D,6D,7D,8D,9D,10D,11D,12D,13D,14D,15D,16D,17D,18D,19D,20D,21D,22D,23D,24D,25D,26D,27D,28D,29D. The first-order chi connectivity index (χ1) is 37.4. The van der Waals surface area contributed by atoms with Gasteiger partial charge in [0.05, 0.1) is 39.8 Å². The maximum Gasteiger partial charge on any atom is 0.136 e. The van der Waals surface area contributed by atoms with Gasteiger partial charge in [0.2, 0.25) is 0 Å². The van der Waals surface area contributed by atoms with Gasteiger partial charge in [0.15, 0.2) is 0 Å². The summed E-state index contributed by atoms with van der Waals surface area (Å²) in [5.74, 6) is 0. The summed E-state index contributed by atoms with van der Waals surface area (Å²) in [4.78, 5) is 0. The molecule has 0 aliphatic carbocycles. The molecule has 51 heavy (non-hydrogen) atoms. The highest BCUT2D eigenvalue weighted by Gasteiger charge is 2.19. The summed E-state index contributed by atoms with van der Waals surface area (Å²) in [6.07, 6.45) is 0. The Balaban J connectivity index is 1.39. The van der Waals surface area contributed by atoms with Crippen LogP contribution in [-0.2, 0) is 0 Å². The molecule has 236 valence electrons. The molecule has 1 nitrogen and oxygen atoms in total. The van der Waals surface area contributed by atoms with Crippen LogP contribution in [0.25, 0.3) is 109 Å². The Bertz CT molecular complexity index is 4790. The maximum absolute atomic E-state index is 9.83. The van der Waals surface area contributed by atoms with Crippen LogP contribution in [0.2, 0.25) is 0 Å². The van der Waals surface area contributed by atoms with E-state index in [-0.39, 0.29) is 10.8 Å². The van der Waals surface area contributed by atoms with E-state index in [1.807, 2.05) is 0 Å². The fourth-order valence-corrected chi connectivity index (χ4v) is 6.53. The topological polar surface area (TPSA) is 13.1 Å². The Kier molecular flexibility index (Phi) is 2.56. The van der Waals surface area contributed by atoms with Crippen LogP contribution < -0.4 is 0 Å². The smallest absolute Gasteiger partial charge is 0.136 e. The Hall–Kier alpha value is -6.70. The predicted octanol–water partition coefficient (Wildman–Crippen LogP) is 14.4. The minimum atomic E-state index is -0.998. The zero-order chi connectivity index (χ0) is 58.7. The Labute approximate surface area is 335 Å². The second-order valence-electron chi connectivity index (χ2n) is 11.4. The normalized spacial score (nSPS) is 19.9. The largest absolute Gasteiger partial charge is 0.456 e. The van der Waals surface area contributed by atoms with Gasteiger partial charge in [0.25, 0.3) is 0 Å². The first-order valence-corrected chi connectivity index (χ1v) is 15.2. The van der Waals surface area contributed by atoms with Gasteiger partial charge in [-0.15, -0.1) is 0 Å². The Morgan fingerprint density at radius 1 is 0.333 bits per heavy atom. The molecule has 10 aromatic carbocycles. The first-order valence-electron chi connectivity index (χ1n) is 29.7. The summed E-state index contributed by atoms with van der Waals surface area (Å²) in [7, 11) is 0. The summed E-state index contributed by atoms with van der Waals surface area (Å²) in [5.41, 5.74) is -5.05. The van der Waals surface area contributed by atoms with E-state index in [0.29, 0.717) is 0 Å². The second kappa shape index (κ2) is 10.9. The van der Waals surface area contributed by atoms with E-state index < -0.39 is 274 Å². The van der Waals surface area contributed by atoms with Crippen molar-refractivity contribution in [1.82, 2.24) is 0 Å². The zero-order valence-corrected chi connectivity index (χ0v) is 25.5. The highest BCUT2D eigenvalue weighted by atomic mass is 16.3. The van der Waals surface area contributed by atoms with Gasteiger partial charge < -0.3 is 4.42 Å². The predicted molar refractivity (Wildman–Crippen MR) is 218 cm³/mol. The van der Waals surface area contributed by atoms with Gasteiger partial charge in [-0.05, 0) is 111 Å². The van der Waals surface area contributed by atoms with Gasteiger partial charge in [-0.25, -0.2) is 0 Å². The summed E-state index contributed by atoms with van der Waals surface area (Å²) in [6.45, 7) is 0. The van der Waals surface area contributed by atoms with E-state index in [0.717, 1.165) is 6.07 Å². The van der Waals surface area contributed by atoms with Crippen LogP contribution in [0.3, 0.4) is 0 Å². The van der Waals surface area contributed by atoms with Gasteiger partial charge in [-0.3, -0.25) is 0 Å². The van der Waals surface area contributed by atoms with Crippen LogP contribution in [0.1, 0.15) is 39.8 Å². The minimum Gasteiger partial charge on any atom is -0.456 e. The lowest BCUT2D eigenvalue weighted by Gasteiger charge is -2.19. The molecule has 1 aromatic heterocycles. The molecule has 0 bridgehead atoms. The van der Waals surface area contributed by atoms with E-state index in [9.17, 15) is 16.4 Å². The molecule has 0 amide bonds. The van der Waals surface area contributed by atoms with Gasteiger partial charge in [0.1, 0.15) is 11.2 Å². The first kappa shape index (κ1) is 12.0. The van der Waals surface area contributed by atoms with Crippen molar-refractivity contribution in [2.45, 2.75) is 0 Å². The number of hydrogen-bond donors (Lipinski definition) is 0. The fraction of sp³-hybridized carbons (Fsp3) is 0. The van der Waals surface area contributed by atoms with Crippen LogP contribution in [-0.4, -0.2) is 0 Å². The molecule has 0 aliphatic rings. The van der Waals surface area contributed by atoms with Gasteiger partial charge in [-0.2, -0.15) is 0 Å². The molecule has 11 aromatic rings. The highest BCUT2D eigenvalue weighted by Crippen LogP contribution is 2.46. The molecule has 0 atom stereocenters. The van der Waals surface area contributed by atoms with Crippen molar-refractivity contribution >= 4 is 75.8 Å². The van der Waals surface area contributed by atoms with E-state index in [4.69, 9.17) is 27.7 Å². The lowest BCUT2D eigenvalue weighted by molar-refractivity contribution is 0.669. The highest BCUT2D eigenvalue weighted by molar-refractivity contribution is 6.25. The van der Waals surface area contributed by atoms with Gasteiger partial charge >= 0.3 is 0 Å². The Morgan fingerprint density at radius 2 is 0.902 bits per heavy atom. The molecule has 0 N–H and O–H groups in total. The van der Waals surface area contributed by atoms with Crippen LogP contribution in [0.15, 0.2) is 186 Å². The summed E-state index contributed by atoms with van der Waals surface area (Å²) in [6, 6.07) is -24.7. The number of benzene rings is 10. The van der Waals surface area contributed by atoms with E-state index in [2.05, 4.69) is 0 Å².